The Balaban J connectivity index is 2.19. The number of rotatable bonds is 8. The van der Waals surface area contributed by atoms with Crippen LogP contribution in [0.1, 0.15) is 38.6 Å². The molecule has 1 aromatic rings. The van der Waals surface area contributed by atoms with Crippen molar-refractivity contribution in [2.75, 3.05) is 18.6 Å². The molecule has 0 unspecified atom stereocenters. The van der Waals surface area contributed by atoms with Crippen molar-refractivity contribution in [2.24, 2.45) is 0 Å². The number of thioether (sulfide) groups is 1. The Morgan fingerprint density at radius 1 is 1.44 bits per heavy atom. The second-order valence-electron chi connectivity index (χ2n) is 4.09. The number of nitrogens with one attached hydrogen (secondary N) is 1. The first-order valence-corrected chi connectivity index (χ1v) is 7.23. The molecule has 0 aliphatic rings. The second-order valence-corrected chi connectivity index (χ2v) is 5.08. The largest absolute Gasteiger partial charge is 0.310 e. The van der Waals surface area contributed by atoms with Crippen molar-refractivity contribution < 1.29 is 0 Å². The van der Waals surface area contributed by atoms with E-state index in [0.717, 1.165) is 18.9 Å². The fourth-order valence-corrected chi connectivity index (χ4v) is 2.02. The molecule has 5 heteroatoms. The van der Waals surface area contributed by atoms with Gasteiger partial charge in [-0.2, -0.15) is 16.9 Å². The Bertz CT molecular complexity index is 285. The van der Waals surface area contributed by atoms with E-state index in [0.29, 0.717) is 6.04 Å². The van der Waals surface area contributed by atoms with Crippen molar-refractivity contribution in [1.82, 2.24) is 20.1 Å². The van der Waals surface area contributed by atoms with Crippen molar-refractivity contribution in [2.45, 2.75) is 39.3 Å². The number of unbranched alkanes of at least 4 members (excludes halogenated alkanes) is 1. The molecule has 92 valence electrons. The number of nitrogens with zero attached hydrogens (tertiary/aromatic N) is 3. The highest BCUT2D eigenvalue weighted by Gasteiger charge is 2.05. The molecular weight excluding hydrogens is 220 g/mol. The van der Waals surface area contributed by atoms with Crippen LogP contribution in [0.15, 0.2) is 6.33 Å². The molecule has 1 heterocycles. The summed E-state index contributed by atoms with van der Waals surface area (Å²) in [6, 6.07) is 0.385. The van der Waals surface area contributed by atoms with Crippen molar-refractivity contribution in [1.29, 1.82) is 0 Å². The minimum atomic E-state index is 0.385. The predicted molar refractivity (Wildman–Crippen MR) is 69.7 cm³/mol. The highest BCUT2D eigenvalue weighted by atomic mass is 32.2. The van der Waals surface area contributed by atoms with Crippen LogP contribution in [-0.4, -0.2) is 33.3 Å². The Morgan fingerprint density at radius 2 is 2.25 bits per heavy atom. The van der Waals surface area contributed by atoms with Crippen LogP contribution in [0.5, 0.6) is 0 Å². The fourth-order valence-electron chi connectivity index (χ4n) is 1.53. The summed E-state index contributed by atoms with van der Waals surface area (Å²) < 4.78 is 1.97. The van der Waals surface area contributed by atoms with Gasteiger partial charge in [0.25, 0.3) is 0 Å². The van der Waals surface area contributed by atoms with Crippen molar-refractivity contribution >= 4 is 11.8 Å². The van der Waals surface area contributed by atoms with E-state index in [9.17, 15) is 0 Å². The average Bonchev–Trinajstić information content (AvgIpc) is 2.71. The normalized spacial score (nSPS) is 11.2. The van der Waals surface area contributed by atoms with Crippen LogP contribution in [0.25, 0.3) is 0 Å². The second kappa shape index (κ2) is 7.68. The minimum absolute atomic E-state index is 0.385. The molecule has 16 heavy (non-hydrogen) atoms. The van der Waals surface area contributed by atoms with Gasteiger partial charge in [0, 0.05) is 6.04 Å². The van der Waals surface area contributed by atoms with E-state index < -0.39 is 0 Å². The summed E-state index contributed by atoms with van der Waals surface area (Å²) in [4.78, 5) is 4.26. The summed E-state index contributed by atoms with van der Waals surface area (Å²) in [7, 11) is 0. The molecule has 0 spiro atoms. The monoisotopic (exact) mass is 242 g/mol. The third-order valence-corrected chi connectivity index (χ3v) is 3.07. The van der Waals surface area contributed by atoms with E-state index in [2.05, 4.69) is 35.5 Å². The molecule has 0 aliphatic heterocycles. The van der Waals surface area contributed by atoms with Gasteiger partial charge in [0.2, 0.25) is 0 Å². The Hall–Kier alpha value is -0.550. The summed E-state index contributed by atoms with van der Waals surface area (Å²) in [6.07, 6.45) is 6.30. The summed E-state index contributed by atoms with van der Waals surface area (Å²) in [5.74, 6) is 2.28. The van der Waals surface area contributed by atoms with E-state index in [1.807, 2.05) is 16.4 Å². The maximum absolute atomic E-state index is 4.26. The van der Waals surface area contributed by atoms with Gasteiger partial charge in [-0.1, -0.05) is 0 Å². The molecule has 0 fully saturated rings. The lowest BCUT2D eigenvalue weighted by Gasteiger charge is -2.09. The Morgan fingerprint density at radius 3 is 2.94 bits per heavy atom. The highest BCUT2D eigenvalue weighted by molar-refractivity contribution is 7.98. The van der Waals surface area contributed by atoms with Crippen molar-refractivity contribution in [3.05, 3.63) is 12.2 Å². The first-order valence-electron chi connectivity index (χ1n) is 5.83. The summed E-state index contributed by atoms with van der Waals surface area (Å²) >= 11 is 1.91. The molecule has 0 saturated carbocycles. The lowest BCUT2D eigenvalue weighted by molar-refractivity contribution is 0.488. The average molecular weight is 242 g/mol. The lowest BCUT2D eigenvalue weighted by atomic mass is 10.3. The molecule has 1 rings (SSSR count). The van der Waals surface area contributed by atoms with Gasteiger partial charge in [-0.3, -0.25) is 0 Å². The highest BCUT2D eigenvalue weighted by Crippen LogP contribution is 2.04. The van der Waals surface area contributed by atoms with Gasteiger partial charge < -0.3 is 5.32 Å². The number of hydrogen-bond donors (Lipinski definition) is 1. The van der Waals surface area contributed by atoms with E-state index in [-0.39, 0.29) is 0 Å². The Kier molecular flexibility index (Phi) is 6.49. The van der Waals surface area contributed by atoms with Gasteiger partial charge >= 0.3 is 0 Å². The van der Waals surface area contributed by atoms with Crippen LogP contribution in [-0.2, 0) is 6.54 Å². The van der Waals surface area contributed by atoms with Crippen molar-refractivity contribution in [3.8, 4) is 0 Å². The standard InChI is InChI=1S/C11H22N4S/c1-10(2)15-11(13-9-14-15)8-12-6-4-5-7-16-3/h9-10,12H,4-8H2,1-3H3. The van der Waals surface area contributed by atoms with Gasteiger partial charge in [0.05, 0.1) is 6.54 Å². The zero-order valence-electron chi connectivity index (χ0n) is 10.4. The molecule has 0 aromatic carbocycles. The SMILES string of the molecule is CSCCCCNCc1ncnn1C(C)C. The molecule has 0 saturated heterocycles. The van der Waals surface area contributed by atoms with Gasteiger partial charge in [-0.05, 0) is 45.2 Å². The maximum Gasteiger partial charge on any atom is 0.141 e. The van der Waals surface area contributed by atoms with Crippen LogP contribution in [0.3, 0.4) is 0 Å². The predicted octanol–water partition coefficient (Wildman–Crippen LogP) is 2.09. The molecule has 4 nitrogen and oxygen atoms in total. The maximum atomic E-state index is 4.26. The topological polar surface area (TPSA) is 42.7 Å². The van der Waals surface area contributed by atoms with Crippen LogP contribution in [0.4, 0.5) is 0 Å². The quantitative estimate of drug-likeness (QED) is 0.709. The van der Waals surface area contributed by atoms with Crippen LogP contribution in [0.2, 0.25) is 0 Å². The zero-order chi connectivity index (χ0) is 11.8. The molecule has 1 N–H and O–H groups in total. The molecule has 0 atom stereocenters. The third-order valence-electron chi connectivity index (χ3n) is 2.37. The van der Waals surface area contributed by atoms with Crippen molar-refractivity contribution in [3.63, 3.8) is 0 Å². The van der Waals surface area contributed by atoms with Crippen LogP contribution in [0, 0.1) is 0 Å². The van der Waals surface area contributed by atoms with Gasteiger partial charge in [0.1, 0.15) is 12.2 Å². The summed E-state index contributed by atoms with van der Waals surface area (Å²) in [5, 5.41) is 7.62. The summed E-state index contributed by atoms with van der Waals surface area (Å²) in [6.45, 7) is 6.12. The molecule has 0 radical (unpaired) electrons. The molecular formula is C11H22N4S. The first-order chi connectivity index (χ1) is 7.75. The van der Waals surface area contributed by atoms with E-state index >= 15 is 0 Å². The number of aromatic nitrogens is 3. The smallest absolute Gasteiger partial charge is 0.141 e. The van der Waals surface area contributed by atoms with Gasteiger partial charge in [-0.25, -0.2) is 9.67 Å². The van der Waals surface area contributed by atoms with Crippen LogP contribution >= 0.6 is 11.8 Å². The number of hydrogen-bond acceptors (Lipinski definition) is 4. The third kappa shape index (κ3) is 4.53. The van der Waals surface area contributed by atoms with E-state index in [1.54, 1.807) is 6.33 Å². The zero-order valence-corrected chi connectivity index (χ0v) is 11.3. The molecule has 0 aliphatic carbocycles. The Labute approximate surface area is 102 Å². The minimum Gasteiger partial charge on any atom is -0.310 e. The molecule has 1 aromatic heterocycles. The van der Waals surface area contributed by atoms with Gasteiger partial charge in [-0.15, -0.1) is 0 Å². The fraction of sp³-hybridized carbons (Fsp3) is 0.818. The molecule has 0 amide bonds. The van der Waals surface area contributed by atoms with Gasteiger partial charge in [0.15, 0.2) is 0 Å². The first kappa shape index (κ1) is 13.5. The van der Waals surface area contributed by atoms with E-state index in [4.69, 9.17) is 0 Å². The van der Waals surface area contributed by atoms with Crippen LogP contribution < -0.4 is 5.32 Å². The molecule has 0 bridgehead atoms. The lowest BCUT2D eigenvalue weighted by Crippen LogP contribution is -2.19. The van der Waals surface area contributed by atoms with E-state index in [1.165, 1.54) is 18.6 Å². The summed E-state index contributed by atoms with van der Waals surface area (Å²) in [5.41, 5.74) is 0.